The molecule has 0 saturated heterocycles. The zero-order chi connectivity index (χ0) is 23.2. The number of hydrogen-bond donors (Lipinski definition) is 0. The van der Waals surface area contributed by atoms with Gasteiger partial charge >= 0.3 is 6.18 Å². The predicted molar refractivity (Wildman–Crippen MR) is 112 cm³/mol. The van der Waals surface area contributed by atoms with Crippen LogP contribution in [0.1, 0.15) is 46.7 Å². The third-order valence-electron chi connectivity index (χ3n) is 5.97. The van der Waals surface area contributed by atoms with Gasteiger partial charge in [-0.2, -0.15) is 18.2 Å². The van der Waals surface area contributed by atoms with Gasteiger partial charge in [0.15, 0.2) is 0 Å². The highest BCUT2D eigenvalue weighted by Gasteiger charge is 2.37. The Balaban J connectivity index is 1.61. The molecule has 170 valence electrons. The van der Waals surface area contributed by atoms with Crippen LogP contribution in [-0.2, 0) is 23.8 Å². The van der Waals surface area contributed by atoms with Crippen LogP contribution in [0.4, 0.5) is 18.9 Å². The first kappa shape index (κ1) is 22.0. The lowest BCUT2D eigenvalue weighted by molar-refractivity contribution is -0.144. The fourth-order valence-electron chi connectivity index (χ4n) is 4.32. The van der Waals surface area contributed by atoms with Gasteiger partial charge in [0.25, 0.3) is 11.6 Å². The van der Waals surface area contributed by atoms with E-state index >= 15 is 0 Å². The van der Waals surface area contributed by atoms with Crippen molar-refractivity contribution < 1.29 is 22.7 Å². The van der Waals surface area contributed by atoms with Gasteiger partial charge in [-0.15, -0.1) is 5.10 Å². The Bertz CT molecular complexity index is 1200. The van der Waals surface area contributed by atoms with Crippen molar-refractivity contribution in [2.24, 2.45) is 0 Å². The van der Waals surface area contributed by atoms with Crippen LogP contribution in [0, 0.1) is 20.8 Å². The summed E-state index contributed by atoms with van der Waals surface area (Å²) in [5.41, 5.74) is 4.77. The van der Waals surface area contributed by atoms with Crippen LogP contribution in [0.15, 0.2) is 12.1 Å². The van der Waals surface area contributed by atoms with Gasteiger partial charge in [0.05, 0.1) is 12.8 Å². The van der Waals surface area contributed by atoms with Crippen LogP contribution in [0.2, 0.25) is 0 Å². The number of amides is 1. The second-order valence-corrected chi connectivity index (χ2v) is 7.97. The highest BCUT2D eigenvalue weighted by atomic mass is 19.4. The molecule has 3 aromatic rings. The molecule has 0 N–H and O–H groups in total. The molecule has 32 heavy (non-hydrogen) atoms. The molecule has 1 aliphatic heterocycles. The molecule has 1 amide bonds. The Kier molecular flexibility index (Phi) is 5.56. The number of rotatable bonds is 4. The molecule has 0 unspecified atom stereocenters. The highest BCUT2D eigenvalue weighted by Crippen LogP contribution is 2.38. The number of hydrogen-bond acceptors (Lipinski definition) is 5. The molecule has 2 aromatic heterocycles. The van der Waals surface area contributed by atoms with Crippen LogP contribution in [0.5, 0.6) is 5.75 Å². The minimum absolute atomic E-state index is 0.0664. The summed E-state index contributed by atoms with van der Waals surface area (Å²) in [5.74, 6) is -0.736. The van der Waals surface area contributed by atoms with Crippen LogP contribution >= 0.6 is 0 Å². The van der Waals surface area contributed by atoms with Crippen molar-refractivity contribution in [1.29, 1.82) is 0 Å². The van der Waals surface area contributed by atoms with Crippen molar-refractivity contribution in [3.63, 3.8) is 0 Å². The summed E-state index contributed by atoms with van der Waals surface area (Å²) in [6, 6.07) is 3.86. The van der Waals surface area contributed by atoms with Crippen LogP contribution in [-0.4, -0.2) is 39.1 Å². The van der Waals surface area contributed by atoms with E-state index in [0.29, 0.717) is 35.7 Å². The zero-order valence-electron chi connectivity index (χ0n) is 18.4. The SMILES string of the molecule is COc1ccc(C)c2c1N(C(=O)CCc1c(C)nc3nc(C(F)(F)F)nn3c1C)CCC2. The van der Waals surface area contributed by atoms with Crippen LogP contribution in [0.25, 0.3) is 5.78 Å². The molecule has 0 aliphatic carbocycles. The number of methoxy groups -OCH3 is 1. The summed E-state index contributed by atoms with van der Waals surface area (Å²) in [6.07, 6.45) is -2.39. The number of anilines is 1. The Morgan fingerprint density at radius 3 is 2.62 bits per heavy atom. The minimum atomic E-state index is -4.65. The van der Waals surface area contributed by atoms with Gasteiger partial charge in [-0.25, -0.2) is 9.50 Å². The third-order valence-corrected chi connectivity index (χ3v) is 5.97. The molecule has 0 atom stereocenters. The molecule has 3 heterocycles. The van der Waals surface area contributed by atoms with Crippen molar-refractivity contribution in [3.05, 3.63) is 46.0 Å². The van der Waals surface area contributed by atoms with E-state index in [-0.39, 0.29) is 18.1 Å². The van der Waals surface area contributed by atoms with Crippen molar-refractivity contribution in [1.82, 2.24) is 19.6 Å². The largest absolute Gasteiger partial charge is 0.495 e. The zero-order valence-corrected chi connectivity index (χ0v) is 18.4. The summed E-state index contributed by atoms with van der Waals surface area (Å²) >= 11 is 0. The fourth-order valence-corrected chi connectivity index (χ4v) is 4.32. The van der Waals surface area contributed by atoms with Crippen LogP contribution in [0.3, 0.4) is 0 Å². The maximum atomic E-state index is 13.2. The number of aryl methyl sites for hydroxylation is 3. The number of benzene rings is 1. The van der Waals surface area contributed by atoms with Gasteiger partial charge in [0.1, 0.15) is 5.75 Å². The van der Waals surface area contributed by atoms with E-state index in [4.69, 9.17) is 4.74 Å². The van der Waals surface area contributed by atoms with Gasteiger partial charge in [-0.1, -0.05) is 6.07 Å². The first-order valence-corrected chi connectivity index (χ1v) is 10.4. The Morgan fingerprint density at radius 2 is 1.94 bits per heavy atom. The lowest BCUT2D eigenvalue weighted by atomic mass is 9.95. The molecular formula is C22H24F3N5O2. The maximum Gasteiger partial charge on any atom is 0.453 e. The quantitative estimate of drug-likeness (QED) is 0.605. The number of carbonyl (C=O) groups is 1. The minimum Gasteiger partial charge on any atom is -0.495 e. The molecule has 0 spiro atoms. The fraction of sp³-hybridized carbons (Fsp3) is 0.455. The standard InChI is InChI=1S/C22H24F3N5O2/c1-12-7-9-17(32-4)19-15(12)6-5-11-29(19)18(31)10-8-16-13(2)26-21-27-20(22(23,24)25)28-30(21)14(16)3/h7,9H,5-6,8,10-11H2,1-4H3. The van der Waals surface area contributed by atoms with Gasteiger partial charge in [-0.05, 0) is 62.8 Å². The summed E-state index contributed by atoms with van der Waals surface area (Å²) in [4.78, 5) is 22.6. The first-order chi connectivity index (χ1) is 15.1. The topological polar surface area (TPSA) is 72.6 Å². The summed E-state index contributed by atoms with van der Waals surface area (Å²) < 4.78 is 45.6. The number of carbonyl (C=O) groups excluding carboxylic acids is 1. The number of aromatic nitrogens is 4. The maximum absolute atomic E-state index is 13.2. The lowest BCUT2D eigenvalue weighted by Crippen LogP contribution is -2.36. The molecule has 0 fully saturated rings. The van der Waals surface area contributed by atoms with E-state index in [0.717, 1.165) is 34.2 Å². The molecule has 1 aromatic carbocycles. The molecule has 0 saturated carbocycles. The molecule has 0 radical (unpaired) electrons. The lowest BCUT2D eigenvalue weighted by Gasteiger charge is -2.32. The number of halogens is 3. The van der Waals surface area contributed by atoms with Gasteiger partial charge in [0, 0.05) is 24.4 Å². The number of fused-ring (bicyclic) bond motifs is 2. The Morgan fingerprint density at radius 1 is 1.19 bits per heavy atom. The highest BCUT2D eigenvalue weighted by molar-refractivity contribution is 5.96. The number of nitrogens with zero attached hydrogens (tertiary/aromatic N) is 5. The predicted octanol–water partition coefficient (Wildman–Crippen LogP) is 3.99. The summed E-state index contributed by atoms with van der Waals surface area (Å²) in [7, 11) is 1.59. The molecule has 10 heteroatoms. The van der Waals surface area contributed by atoms with Gasteiger partial charge in [-0.3, -0.25) is 4.79 Å². The third kappa shape index (κ3) is 3.78. The average molecular weight is 447 g/mol. The normalized spacial score (nSPS) is 14.0. The van der Waals surface area contributed by atoms with Gasteiger partial charge in [0.2, 0.25) is 5.91 Å². The van der Waals surface area contributed by atoms with Gasteiger partial charge < -0.3 is 9.64 Å². The smallest absolute Gasteiger partial charge is 0.453 e. The second-order valence-electron chi connectivity index (χ2n) is 7.97. The van der Waals surface area contributed by atoms with E-state index < -0.39 is 12.0 Å². The van der Waals surface area contributed by atoms with Crippen molar-refractivity contribution >= 4 is 17.4 Å². The number of alkyl halides is 3. The average Bonchev–Trinajstić information content (AvgIpc) is 3.18. The Labute approximate surface area is 183 Å². The summed E-state index contributed by atoms with van der Waals surface area (Å²) in [5, 5.41) is 3.57. The first-order valence-electron chi connectivity index (χ1n) is 10.4. The Hall–Kier alpha value is -3.17. The van der Waals surface area contributed by atoms with Crippen molar-refractivity contribution in [3.8, 4) is 5.75 Å². The molecule has 1 aliphatic rings. The number of ether oxygens (including phenoxy) is 1. The second kappa shape index (κ2) is 8.07. The van der Waals surface area contributed by atoms with E-state index in [9.17, 15) is 18.0 Å². The van der Waals surface area contributed by atoms with Crippen molar-refractivity contribution in [2.45, 2.75) is 52.6 Å². The van der Waals surface area contributed by atoms with E-state index in [1.54, 1.807) is 25.9 Å². The van der Waals surface area contributed by atoms with E-state index in [1.165, 1.54) is 0 Å². The van der Waals surface area contributed by atoms with Crippen LogP contribution < -0.4 is 9.64 Å². The molecule has 7 nitrogen and oxygen atoms in total. The molecule has 0 bridgehead atoms. The molecule has 4 rings (SSSR count). The molecular weight excluding hydrogens is 423 g/mol. The summed E-state index contributed by atoms with van der Waals surface area (Å²) in [6.45, 7) is 5.99. The van der Waals surface area contributed by atoms with Crippen molar-refractivity contribution in [2.75, 3.05) is 18.6 Å². The monoisotopic (exact) mass is 447 g/mol. The van der Waals surface area contributed by atoms with E-state index in [2.05, 4.69) is 15.1 Å². The van der Waals surface area contributed by atoms with E-state index in [1.807, 2.05) is 19.1 Å².